The minimum Gasteiger partial charge on any atom is -0.488 e. The number of rotatable bonds is 40. The minimum absolute atomic E-state index is 0.0976. The summed E-state index contributed by atoms with van der Waals surface area (Å²) in [7, 11) is 4.35. The first-order valence-corrected chi connectivity index (χ1v) is 44.5. The van der Waals surface area contributed by atoms with Crippen LogP contribution in [0.4, 0.5) is 0 Å². The molecule has 0 radical (unpaired) electrons. The predicted octanol–water partition coefficient (Wildman–Crippen LogP) is 12.4. The van der Waals surface area contributed by atoms with Crippen molar-refractivity contribution in [3.8, 4) is 5.75 Å². The van der Waals surface area contributed by atoms with Crippen LogP contribution in [0.1, 0.15) is 124 Å². The highest BCUT2D eigenvalue weighted by Crippen LogP contribution is 2.42. The van der Waals surface area contributed by atoms with Crippen molar-refractivity contribution in [2.45, 2.75) is 184 Å². The van der Waals surface area contributed by atoms with E-state index in [0.717, 1.165) is 44.9 Å². The number of benzene rings is 9. The number of fused-ring (bicyclic) bond motifs is 2. The molecule has 2 aromatic heterocycles. The Kier molecular flexibility index (Phi) is 32.4. The number of piperidine rings is 1. The van der Waals surface area contributed by atoms with E-state index in [4.69, 9.17) is 26.8 Å². The van der Waals surface area contributed by atoms with Crippen molar-refractivity contribution in [1.29, 1.82) is 0 Å². The van der Waals surface area contributed by atoms with Gasteiger partial charge in [-0.1, -0.05) is 244 Å². The number of carboxylic acid groups (broad SMARTS) is 1. The highest BCUT2D eigenvalue weighted by Gasteiger charge is 2.45. The number of halogens is 1. The number of aliphatic carboxylic acids is 1. The van der Waals surface area contributed by atoms with Gasteiger partial charge in [0.25, 0.3) is 0 Å². The minimum atomic E-state index is -1.53. The third-order valence-corrected chi connectivity index (χ3v) is 24.4. The molecule has 0 saturated carbocycles. The van der Waals surface area contributed by atoms with Crippen molar-refractivity contribution >= 4 is 92.5 Å². The number of nitrogens with zero attached hydrogens (tertiary/aromatic N) is 4. The molecule has 26 heteroatoms. The number of H-pyrrole nitrogens is 2. The van der Waals surface area contributed by atoms with E-state index < -0.39 is 143 Å². The maximum absolute atomic E-state index is 16.5. The van der Waals surface area contributed by atoms with Crippen LogP contribution in [0.25, 0.3) is 21.8 Å². The van der Waals surface area contributed by atoms with Gasteiger partial charge in [-0.3, -0.25) is 47.9 Å². The van der Waals surface area contributed by atoms with Crippen molar-refractivity contribution in [3.05, 3.63) is 316 Å². The maximum atomic E-state index is 16.5. The standard InChI is InChI=1S/C103H117ClN12O13/c1-10-66(2)92(97(123)111-86(63-90(117)118)100(126)116-54-31-16-32-55-116)112-96(122)88(59-69-36-19-12-20-37-69)114(8)99(125)85(62-73-65-107-82-49-30-28-47-80(73)82)110-95(121)87(58-68-34-17-11-18-35-68)113(7)98(124)84(61-72-64-106-81-48-29-27-46-79(72)81)109-93(119)83(57-70-50-52-78(53-51-70)129-102(4,5)6)108-94(120)89(60-71-38-33-45-77(104)56-71)115(9)101(127)91(105)67(3)128-103(74-39-21-13-22-40-74,75-41-23-14-24-42-75)76-43-25-15-26-44-76/h11-15,17-30,33-53,56,64-67,83-89,91-92,106-107H,10,16,31-32,54-55,57-63,105H2,1-9H3,(H,108,120)(H,109,119)(H,110,121)(H,111,123)(H,112,122)(H,117,118)/t66-,67+,83?,84?,85-,86?,87?,88-,89-,91-,92-/m0/s1. The van der Waals surface area contributed by atoms with E-state index in [9.17, 15) is 19.5 Å². The average molecular weight is 1770 g/mol. The number of para-hydroxylation sites is 2. The summed E-state index contributed by atoms with van der Waals surface area (Å²) >= 11 is 6.69. The Morgan fingerprint density at radius 1 is 0.457 bits per heavy atom. The number of hydrogen-bond donors (Lipinski definition) is 9. The molecule has 0 aliphatic carbocycles. The first kappa shape index (κ1) is 94.9. The summed E-state index contributed by atoms with van der Waals surface area (Å²) in [4.78, 5) is 165. The second-order valence-electron chi connectivity index (χ2n) is 34.5. The van der Waals surface area contributed by atoms with Gasteiger partial charge in [0.05, 0.1) is 12.5 Å². The van der Waals surface area contributed by atoms with Gasteiger partial charge in [-0.05, 0) is 139 Å². The molecule has 3 heterocycles. The number of carbonyl (C=O) groups is 10. The van der Waals surface area contributed by atoms with E-state index in [0.29, 0.717) is 76.5 Å². The molecule has 9 aromatic carbocycles. The summed E-state index contributed by atoms with van der Waals surface area (Å²) < 4.78 is 13.5. The Morgan fingerprint density at radius 2 is 0.860 bits per heavy atom. The molecule has 10 N–H and O–H groups in total. The quantitative estimate of drug-likeness (QED) is 0.0161. The van der Waals surface area contributed by atoms with Crippen LogP contribution in [0.15, 0.2) is 261 Å². The molecule has 9 amide bonds. The fraction of sp³-hybridized carbons (Fsp3) is 0.340. The number of amides is 9. The van der Waals surface area contributed by atoms with E-state index in [1.165, 1.54) is 35.8 Å². The Balaban J connectivity index is 0.887. The van der Waals surface area contributed by atoms with Crippen LogP contribution in [0, 0.1) is 5.92 Å². The smallest absolute Gasteiger partial charge is 0.305 e. The molecule has 0 bridgehead atoms. The first-order chi connectivity index (χ1) is 62.0. The van der Waals surface area contributed by atoms with E-state index in [1.807, 2.05) is 167 Å². The lowest BCUT2D eigenvalue weighted by Crippen LogP contribution is -2.62. The molecule has 1 aliphatic heterocycles. The molecular formula is C103H117ClN12O13. The summed E-state index contributed by atoms with van der Waals surface area (Å²) in [5.74, 6) is -8.06. The maximum Gasteiger partial charge on any atom is 0.305 e. The lowest BCUT2D eigenvalue weighted by Gasteiger charge is -2.40. The van der Waals surface area contributed by atoms with Crippen LogP contribution in [0.2, 0.25) is 5.02 Å². The van der Waals surface area contributed by atoms with Crippen LogP contribution in [0.5, 0.6) is 5.75 Å². The Hall–Kier alpha value is -13.2. The number of carbonyl (C=O) groups excluding carboxylic acids is 9. The molecule has 11 atom stereocenters. The summed E-state index contributed by atoms with van der Waals surface area (Å²) in [5, 5.41) is 26.7. The van der Waals surface area contributed by atoms with Crippen LogP contribution in [-0.4, -0.2) is 194 Å². The van der Waals surface area contributed by atoms with Gasteiger partial charge in [0.2, 0.25) is 53.2 Å². The van der Waals surface area contributed by atoms with Crippen LogP contribution in [0.3, 0.4) is 0 Å². The lowest BCUT2D eigenvalue weighted by molar-refractivity contribution is -0.146. The Morgan fingerprint density at radius 3 is 1.32 bits per heavy atom. The summed E-state index contributed by atoms with van der Waals surface area (Å²) in [6.45, 7) is 11.8. The number of nitrogens with two attached hydrogens (primary N) is 1. The lowest BCUT2D eigenvalue weighted by atomic mass is 9.79. The number of carboxylic acids is 1. The fourth-order valence-corrected chi connectivity index (χ4v) is 17.1. The average Bonchev–Trinajstić information content (AvgIpc) is 1.44. The SMILES string of the molecule is CC[C@H](C)[C@H](NC(=O)[C@H](Cc1ccccc1)N(C)C(=O)[C@H](Cc1c[nH]c2ccccc12)NC(=O)C(Cc1ccccc1)N(C)C(=O)C(Cc1c[nH]c2ccccc12)NC(=O)C(Cc1ccc(OC(C)(C)C)cc1)NC(=O)[C@H](Cc1cccc(Cl)c1)N(C)C(=O)[C@@H](N)[C@@H](C)OC(c1ccccc1)(c1ccccc1)c1ccccc1)C(=O)NC(CC(=O)O)C(=O)N1CCCCC1. The predicted molar refractivity (Wildman–Crippen MR) is 499 cm³/mol. The second kappa shape index (κ2) is 44.0. The fourth-order valence-electron chi connectivity index (χ4n) is 16.9. The van der Waals surface area contributed by atoms with Gasteiger partial charge in [-0.25, -0.2) is 0 Å². The number of aromatic nitrogens is 2. The second-order valence-corrected chi connectivity index (χ2v) is 35.0. The van der Waals surface area contributed by atoms with Gasteiger partial charge in [0.1, 0.15) is 71.3 Å². The molecular weight excluding hydrogens is 1650 g/mol. The van der Waals surface area contributed by atoms with E-state index in [-0.39, 0.29) is 38.5 Å². The number of aromatic amines is 2. The number of likely N-dealkylation sites (N-methyl/N-ethyl adjacent to an activating group) is 3. The van der Waals surface area contributed by atoms with Gasteiger partial charge < -0.3 is 76.5 Å². The molecule has 1 fully saturated rings. The first-order valence-electron chi connectivity index (χ1n) is 44.1. The highest BCUT2D eigenvalue weighted by molar-refractivity contribution is 6.30. The van der Waals surface area contributed by atoms with Crippen molar-refractivity contribution in [1.82, 2.24) is 56.2 Å². The van der Waals surface area contributed by atoms with Gasteiger partial charge in [-0.15, -0.1) is 0 Å². The van der Waals surface area contributed by atoms with Gasteiger partial charge >= 0.3 is 5.97 Å². The van der Waals surface area contributed by atoms with Gasteiger partial charge in [0, 0.05) is 112 Å². The Labute approximate surface area is 758 Å². The van der Waals surface area contributed by atoms with E-state index in [1.54, 1.807) is 140 Å². The van der Waals surface area contributed by atoms with Crippen LogP contribution in [-0.2, 0) is 96.8 Å². The van der Waals surface area contributed by atoms with Crippen LogP contribution >= 0.6 is 11.6 Å². The zero-order chi connectivity index (χ0) is 92.1. The largest absolute Gasteiger partial charge is 0.488 e. The third kappa shape index (κ3) is 24.4. The van der Waals surface area contributed by atoms with Gasteiger partial charge in [0.15, 0.2) is 0 Å². The molecule has 0 spiro atoms. The summed E-state index contributed by atoms with van der Waals surface area (Å²) in [5.41, 5.74) is 12.6. The third-order valence-electron chi connectivity index (χ3n) is 24.2. The van der Waals surface area contributed by atoms with Crippen molar-refractivity contribution in [3.63, 3.8) is 0 Å². The number of ether oxygens (including phenoxy) is 2. The van der Waals surface area contributed by atoms with Gasteiger partial charge in [-0.2, -0.15) is 0 Å². The molecule has 1 saturated heterocycles. The summed E-state index contributed by atoms with van der Waals surface area (Å²) in [6, 6.07) is 62.6. The zero-order valence-electron chi connectivity index (χ0n) is 74.5. The van der Waals surface area contributed by atoms with Crippen LogP contribution < -0.4 is 37.1 Å². The molecule has 4 unspecified atom stereocenters. The monoisotopic (exact) mass is 1760 g/mol. The molecule has 1 aliphatic rings. The Bertz CT molecular complexity index is 5560. The topological polar surface area (TPSA) is 340 Å². The molecule has 11 aromatic rings. The normalized spacial score (nSPS) is 14.9. The molecule has 25 nitrogen and oxygen atoms in total. The number of likely N-dealkylation sites (tertiary alicyclic amines) is 1. The van der Waals surface area contributed by atoms with E-state index in [2.05, 4.69) is 36.6 Å². The zero-order valence-corrected chi connectivity index (χ0v) is 75.2. The summed E-state index contributed by atoms with van der Waals surface area (Å²) in [6.07, 6.45) is 3.51. The molecule has 12 rings (SSSR count). The number of hydrogen-bond acceptors (Lipinski definition) is 13. The van der Waals surface area contributed by atoms with Crippen molar-refractivity contribution in [2.24, 2.45) is 11.7 Å². The van der Waals surface area contributed by atoms with Crippen molar-refractivity contribution in [2.75, 3.05) is 34.2 Å². The molecule has 674 valence electrons. The van der Waals surface area contributed by atoms with E-state index >= 15 is 33.6 Å². The van der Waals surface area contributed by atoms with Crippen molar-refractivity contribution < 1.29 is 62.5 Å². The molecule has 129 heavy (non-hydrogen) atoms. The number of nitrogens with one attached hydrogen (secondary N) is 7. The highest BCUT2D eigenvalue weighted by atomic mass is 35.5.